The number of sulfonamides is 1. The first kappa shape index (κ1) is 32.1. The highest BCUT2D eigenvalue weighted by atomic mass is 32.2. The fourth-order valence-corrected chi connectivity index (χ4v) is 6.81. The molecule has 9 heteroatoms. The molecule has 0 aliphatic heterocycles. The van der Waals surface area contributed by atoms with Gasteiger partial charge in [0.2, 0.25) is 11.8 Å². The molecule has 1 fully saturated rings. The maximum absolute atomic E-state index is 14.2. The zero-order valence-electron chi connectivity index (χ0n) is 25.6. The van der Waals surface area contributed by atoms with E-state index in [1.54, 1.807) is 31.2 Å². The molecule has 1 unspecified atom stereocenters. The van der Waals surface area contributed by atoms with Gasteiger partial charge >= 0.3 is 0 Å². The molecule has 0 aromatic heterocycles. The van der Waals surface area contributed by atoms with Crippen molar-refractivity contribution in [1.82, 2.24) is 10.2 Å². The molecule has 3 aromatic rings. The monoisotopic (exact) mass is 605 g/mol. The van der Waals surface area contributed by atoms with Gasteiger partial charge in [0.25, 0.3) is 10.0 Å². The van der Waals surface area contributed by atoms with Crippen LogP contribution in [0.5, 0.6) is 5.75 Å². The number of benzene rings is 3. The molecule has 0 bridgehead atoms. The van der Waals surface area contributed by atoms with E-state index < -0.39 is 28.5 Å². The van der Waals surface area contributed by atoms with Crippen LogP contribution in [0, 0.1) is 13.8 Å². The van der Waals surface area contributed by atoms with Crippen LogP contribution in [0.3, 0.4) is 0 Å². The van der Waals surface area contributed by atoms with E-state index in [0.29, 0.717) is 18.0 Å². The predicted molar refractivity (Wildman–Crippen MR) is 170 cm³/mol. The first-order chi connectivity index (χ1) is 20.6. The van der Waals surface area contributed by atoms with Crippen molar-refractivity contribution in [2.75, 3.05) is 17.5 Å². The van der Waals surface area contributed by atoms with Crippen molar-refractivity contribution in [3.05, 3.63) is 89.5 Å². The molecule has 43 heavy (non-hydrogen) atoms. The number of anilines is 1. The molecule has 2 amide bonds. The van der Waals surface area contributed by atoms with Crippen LogP contribution in [0.25, 0.3) is 0 Å². The second-order valence-corrected chi connectivity index (χ2v) is 13.1. The van der Waals surface area contributed by atoms with Crippen LogP contribution in [0.15, 0.2) is 77.7 Å². The largest absolute Gasteiger partial charge is 0.494 e. The molecule has 1 aliphatic carbocycles. The number of rotatable bonds is 12. The smallest absolute Gasteiger partial charge is 0.264 e. The Balaban J connectivity index is 1.67. The van der Waals surface area contributed by atoms with E-state index in [1.807, 2.05) is 57.2 Å². The Morgan fingerprint density at radius 1 is 0.930 bits per heavy atom. The van der Waals surface area contributed by atoms with Gasteiger partial charge in [0.1, 0.15) is 18.3 Å². The minimum absolute atomic E-state index is 0.0395. The molecular formula is C34H43N3O5S. The molecule has 230 valence electrons. The molecule has 0 saturated heterocycles. The molecule has 0 heterocycles. The van der Waals surface area contributed by atoms with E-state index in [1.165, 1.54) is 17.0 Å². The van der Waals surface area contributed by atoms with Gasteiger partial charge in [-0.05, 0) is 82.5 Å². The van der Waals surface area contributed by atoms with Crippen LogP contribution in [0.1, 0.15) is 62.6 Å². The quantitative estimate of drug-likeness (QED) is 0.283. The maximum Gasteiger partial charge on any atom is 0.264 e. The summed E-state index contributed by atoms with van der Waals surface area (Å²) in [5, 5.41) is 3.14. The first-order valence-electron chi connectivity index (χ1n) is 15.1. The summed E-state index contributed by atoms with van der Waals surface area (Å²) in [7, 11) is -4.15. The number of ether oxygens (including phenoxy) is 1. The average Bonchev–Trinajstić information content (AvgIpc) is 2.99. The van der Waals surface area contributed by atoms with Gasteiger partial charge in [-0.1, -0.05) is 66.8 Å². The summed E-state index contributed by atoms with van der Waals surface area (Å²) in [5.41, 5.74) is 3.22. The number of hydrogen-bond donors (Lipinski definition) is 1. The Morgan fingerprint density at radius 2 is 1.60 bits per heavy atom. The Labute approximate surface area is 256 Å². The van der Waals surface area contributed by atoms with Gasteiger partial charge in [-0.25, -0.2) is 8.42 Å². The Hall–Kier alpha value is -3.85. The molecule has 0 spiro atoms. The molecule has 1 atom stereocenters. The Bertz CT molecular complexity index is 1480. The number of hydrogen-bond acceptors (Lipinski definition) is 5. The zero-order chi connectivity index (χ0) is 31.0. The van der Waals surface area contributed by atoms with Gasteiger partial charge in [0.05, 0.1) is 17.2 Å². The number of carbonyl (C=O) groups is 2. The number of nitrogens with one attached hydrogen (secondary N) is 1. The Kier molecular flexibility index (Phi) is 10.9. The molecule has 1 aliphatic rings. The molecule has 1 saturated carbocycles. The summed E-state index contributed by atoms with van der Waals surface area (Å²) in [6, 6.07) is 20.2. The molecule has 4 rings (SSSR count). The van der Waals surface area contributed by atoms with Crippen LogP contribution < -0.4 is 14.4 Å². The zero-order valence-corrected chi connectivity index (χ0v) is 26.4. The first-order valence-corrected chi connectivity index (χ1v) is 16.5. The van der Waals surface area contributed by atoms with Gasteiger partial charge in [-0.2, -0.15) is 0 Å². The number of carbonyl (C=O) groups excluding carboxylic acids is 2. The van der Waals surface area contributed by atoms with Gasteiger partial charge in [0.15, 0.2) is 0 Å². The standard InChI is InChI=1S/C34H43N3O5S/c1-5-42-31-18-20-32(21-19-31)43(40,41)37(30-16-14-25(2)15-17-30)24-33(38)36(23-28-11-9-10-26(3)22-28)27(4)34(39)35-29-12-7-6-8-13-29/h9-11,14-22,27,29H,5-8,12-13,23-24H2,1-4H3,(H,35,39). The van der Waals surface area contributed by atoms with E-state index in [2.05, 4.69) is 5.32 Å². The van der Waals surface area contributed by atoms with Crippen molar-refractivity contribution in [3.63, 3.8) is 0 Å². The lowest BCUT2D eigenvalue weighted by atomic mass is 9.95. The van der Waals surface area contributed by atoms with Crippen LogP contribution in [0.4, 0.5) is 5.69 Å². The highest BCUT2D eigenvalue weighted by molar-refractivity contribution is 7.92. The van der Waals surface area contributed by atoms with Crippen LogP contribution in [-0.2, 0) is 26.2 Å². The summed E-state index contributed by atoms with van der Waals surface area (Å²) in [4.78, 5) is 29.1. The lowest BCUT2D eigenvalue weighted by Crippen LogP contribution is -2.53. The summed E-state index contributed by atoms with van der Waals surface area (Å²) in [6.45, 7) is 7.61. The maximum atomic E-state index is 14.2. The highest BCUT2D eigenvalue weighted by Gasteiger charge is 2.33. The Morgan fingerprint density at radius 3 is 2.23 bits per heavy atom. The second-order valence-electron chi connectivity index (χ2n) is 11.3. The van der Waals surface area contributed by atoms with E-state index in [0.717, 1.165) is 53.1 Å². The van der Waals surface area contributed by atoms with E-state index in [4.69, 9.17) is 4.74 Å². The lowest BCUT2D eigenvalue weighted by Gasteiger charge is -2.33. The van der Waals surface area contributed by atoms with E-state index in [-0.39, 0.29) is 23.4 Å². The molecule has 1 N–H and O–H groups in total. The summed E-state index contributed by atoms with van der Waals surface area (Å²) in [5.74, 6) is -0.145. The van der Waals surface area contributed by atoms with Crippen LogP contribution in [0.2, 0.25) is 0 Å². The van der Waals surface area contributed by atoms with Crippen LogP contribution >= 0.6 is 0 Å². The van der Waals surface area contributed by atoms with Crippen molar-refractivity contribution < 1.29 is 22.7 Å². The lowest BCUT2D eigenvalue weighted by molar-refractivity contribution is -0.139. The SMILES string of the molecule is CCOc1ccc(S(=O)(=O)N(CC(=O)N(Cc2cccc(C)c2)C(C)C(=O)NC2CCCCC2)c2ccc(C)cc2)cc1. The van der Waals surface area contributed by atoms with E-state index in [9.17, 15) is 18.0 Å². The molecule has 8 nitrogen and oxygen atoms in total. The number of amides is 2. The topological polar surface area (TPSA) is 96.0 Å². The predicted octanol–water partition coefficient (Wildman–Crippen LogP) is 5.76. The molecule has 3 aromatic carbocycles. The van der Waals surface area contributed by atoms with Crippen molar-refractivity contribution in [3.8, 4) is 5.75 Å². The summed E-state index contributed by atoms with van der Waals surface area (Å²) < 4.78 is 34.7. The van der Waals surface area contributed by atoms with Gasteiger partial charge in [0, 0.05) is 12.6 Å². The van der Waals surface area contributed by atoms with Crippen molar-refractivity contribution in [2.45, 2.75) is 83.3 Å². The third-order valence-electron chi connectivity index (χ3n) is 7.88. The number of aryl methyl sites for hydroxylation is 2. The minimum Gasteiger partial charge on any atom is -0.494 e. The minimum atomic E-state index is -4.15. The fraction of sp³-hybridized carbons (Fsp3) is 0.412. The second kappa shape index (κ2) is 14.6. The van der Waals surface area contributed by atoms with Crippen LogP contribution in [-0.4, -0.2) is 50.4 Å². The average molecular weight is 606 g/mol. The third-order valence-corrected chi connectivity index (χ3v) is 9.67. The highest BCUT2D eigenvalue weighted by Crippen LogP contribution is 2.27. The van der Waals surface area contributed by atoms with Gasteiger partial charge in [-0.15, -0.1) is 0 Å². The molecule has 0 radical (unpaired) electrons. The van der Waals surface area contributed by atoms with Crippen molar-refractivity contribution >= 4 is 27.5 Å². The fourth-order valence-electron chi connectivity index (χ4n) is 5.40. The van der Waals surface area contributed by atoms with Gasteiger partial charge < -0.3 is 15.0 Å². The van der Waals surface area contributed by atoms with Crippen molar-refractivity contribution in [1.29, 1.82) is 0 Å². The normalized spacial score (nSPS) is 14.5. The molecular weight excluding hydrogens is 562 g/mol. The summed E-state index contributed by atoms with van der Waals surface area (Å²) >= 11 is 0. The van der Waals surface area contributed by atoms with Crippen molar-refractivity contribution in [2.24, 2.45) is 0 Å². The number of nitrogens with zero attached hydrogens (tertiary/aromatic N) is 2. The van der Waals surface area contributed by atoms with E-state index >= 15 is 0 Å². The van der Waals surface area contributed by atoms with Gasteiger partial charge in [-0.3, -0.25) is 13.9 Å². The summed E-state index contributed by atoms with van der Waals surface area (Å²) in [6.07, 6.45) is 5.15. The third kappa shape index (κ3) is 8.38.